The molecule has 0 aliphatic carbocycles. The summed E-state index contributed by atoms with van der Waals surface area (Å²) in [5, 5.41) is 5.15. The topological polar surface area (TPSA) is 65.7 Å². The van der Waals surface area contributed by atoms with E-state index in [0.29, 0.717) is 23.3 Å². The van der Waals surface area contributed by atoms with Gasteiger partial charge in [-0.15, -0.1) is 0 Å². The minimum atomic E-state index is -0.215. The van der Waals surface area contributed by atoms with Crippen molar-refractivity contribution < 1.29 is 9.47 Å². The summed E-state index contributed by atoms with van der Waals surface area (Å²) in [5.74, 6) is 2.40. The fraction of sp³-hybridized carbons (Fsp3) is 0.323. The van der Waals surface area contributed by atoms with Gasteiger partial charge in [0.2, 0.25) is 0 Å². The molecular formula is C31H35N3O3. The Balaban J connectivity index is 1.84. The van der Waals surface area contributed by atoms with Crippen LogP contribution in [0.4, 0.5) is 0 Å². The van der Waals surface area contributed by atoms with Crippen LogP contribution in [0.5, 0.6) is 11.5 Å². The van der Waals surface area contributed by atoms with E-state index in [2.05, 4.69) is 31.9 Å². The largest absolute Gasteiger partial charge is 0.494 e. The maximum atomic E-state index is 13.6. The minimum absolute atomic E-state index is 0.150. The molecule has 3 aromatic carbocycles. The smallest absolute Gasteiger partial charge is 0.282 e. The van der Waals surface area contributed by atoms with Crippen LogP contribution in [0.15, 0.2) is 70.6 Å². The summed E-state index contributed by atoms with van der Waals surface area (Å²) in [7, 11) is 0. The first-order valence-corrected chi connectivity index (χ1v) is 12.9. The predicted octanol–water partition coefficient (Wildman–Crippen LogP) is 6.95. The highest BCUT2D eigenvalue weighted by Crippen LogP contribution is 2.34. The van der Waals surface area contributed by atoms with Crippen molar-refractivity contribution in [3.8, 4) is 22.9 Å². The number of hydrogen-bond donors (Lipinski definition) is 0. The summed E-state index contributed by atoms with van der Waals surface area (Å²) in [4.78, 5) is 18.5. The van der Waals surface area contributed by atoms with Gasteiger partial charge < -0.3 is 9.47 Å². The first kappa shape index (κ1) is 26.1. The van der Waals surface area contributed by atoms with Crippen molar-refractivity contribution >= 4 is 17.1 Å². The molecule has 4 aromatic rings. The molecule has 0 bridgehead atoms. The second-order valence-electron chi connectivity index (χ2n) is 9.51. The second-order valence-corrected chi connectivity index (χ2v) is 9.51. The molecule has 1 aromatic heterocycles. The van der Waals surface area contributed by atoms with Crippen molar-refractivity contribution in [2.45, 2.75) is 60.0 Å². The van der Waals surface area contributed by atoms with Gasteiger partial charge in [-0.2, -0.15) is 9.78 Å². The average molecular weight is 498 g/mol. The van der Waals surface area contributed by atoms with Gasteiger partial charge in [0.25, 0.3) is 5.56 Å². The summed E-state index contributed by atoms with van der Waals surface area (Å²) in [5.41, 5.74) is 4.16. The van der Waals surface area contributed by atoms with E-state index >= 15 is 0 Å². The van der Waals surface area contributed by atoms with Gasteiger partial charge in [0.05, 0.1) is 29.8 Å². The van der Waals surface area contributed by atoms with Gasteiger partial charge in [-0.1, -0.05) is 32.9 Å². The van der Waals surface area contributed by atoms with E-state index in [0.717, 1.165) is 40.2 Å². The van der Waals surface area contributed by atoms with Gasteiger partial charge in [-0.3, -0.25) is 4.79 Å². The molecular weight excluding hydrogens is 462 g/mol. The maximum absolute atomic E-state index is 13.6. The number of aryl methyl sites for hydroxylation is 1. The zero-order chi connectivity index (χ0) is 26.5. The minimum Gasteiger partial charge on any atom is -0.494 e. The molecule has 4 rings (SSSR count). The third-order valence-electron chi connectivity index (χ3n) is 6.39. The summed E-state index contributed by atoms with van der Waals surface area (Å²) < 4.78 is 13.2. The van der Waals surface area contributed by atoms with Gasteiger partial charge in [0.1, 0.15) is 11.5 Å². The van der Waals surface area contributed by atoms with Crippen LogP contribution in [-0.4, -0.2) is 28.6 Å². The number of aromatic nitrogens is 2. The lowest BCUT2D eigenvalue weighted by Gasteiger charge is -2.18. The van der Waals surface area contributed by atoms with Crippen LogP contribution in [-0.2, 0) is 0 Å². The highest BCUT2D eigenvalue weighted by Gasteiger charge is 2.18. The molecule has 6 nitrogen and oxygen atoms in total. The lowest BCUT2D eigenvalue weighted by Crippen LogP contribution is -2.20. The van der Waals surface area contributed by atoms with Crippen molar-refractivity contribution in [2.75, 3.05) is 6.61 Å². The Labute approximate surface area is 218 Å². The number of benzene rings is 3. The van der Waals surface area contributed by atoms with E-state index in [4.69, 9.17) is 14.5 Å². The van der Waals surface area contributed by atoms with Gasteiger partial charge in [-0.05, 0) is 98.3 Å². The second kappa shape index (κ2) is 11.4. The van der Waals surface area contributed by atoms with Crippen LogP contribution in [0.25, 0.3) is 22.3 Å². The molecule has 0 fully saturated rings. The Bertz CT molecular complexity index is 1470. The van der Waals surface area contributed by atoms with E-state index in [9.17, 15) is 4.79 Å². The fourth-order valence-corrected chi connectivity index (χ4v) is 4.15. The summed E-state index contributed by atoms with van der Waals surface area (Å²) in [6.45, 7) is 13.0. The SMILES string of the molecule is CCOc1cc(C)c(-c2nc3ccccc3c(=O)n2N=Cc2ccc(O[C@H](C)CC)cc2)cc1C(C)C. The van der Waals surface area contributed by atoms with Crippen molar-refractivity contribution in [3.63, 3.8) is 0 Å². The maximum Gasteiger partial charge on any atom is 0.282 e. The standard InChI is InChI=1S/C31H35N3O3/c1-7-22(6)37-24-15-13-23(14-16-24)19-32-34-30(33-28-12-10-9-11-25(28)31(34)35)27-18-26(20(3)4)29(36-8-2)17-21(27)5/h9-20,22H,7-8H2,1-6H3/t22-/m1/s1. The number of rotatable bonds is 9. The van der Waals surface area contributed by atoms with Crippen LogP contribution >= 0.6 is 0 Å². The van der Waals surface area contributed by atoms with Crippen molar-refractivity contribution in [2.24, 2.45) is 5.10 Å². The van der Waals surface area contributed by atoms with E-state index in [1.165, 1.54) is 4.68 Å². The molecule has 0 aliphatic heterocycles. The predicted molar refractivity (Wildman–Crippen MR) is 151 cm³/mol. The number of nitrogens with zero attached hydrogens (tertiary/aromatic N) is 3. The molecule has 0 amide bonds. The first-order valence-electron chi connectivity index (χ1n) is 12.9. The highest BCUT2D eigenvalue weighted by atomic mass is 16.5. The monoisotopic (exact) mass is 497 g/mol. The van der Waals surface area contributed by atoms with E-state index in [-0.39, 0.29) is 17.6 Å². The molecule has 192 valence electrons. The normalized spacial score (nSPS) is 12.4. The molecule has 0 saturated heterocycles. The Morgan fingerprint density at radius 1 is 1.03 bits per heavy atom. The van der Waals surface area contributed by atoms with Crippen molar-refractivity contribution in [1.82, 2.24) is 9.66 Å². The summed E-state index contributed by atoms with van der Waals surface area (Å²) in [6.07, 6.45) is 2.77. The van der Waals surface area contributed by atoms with E-state index in [1.54, 1.807) is 12.3 Å². The van der Waals surface area contributed by atoms with Crippen LogP contribution in [0.2, 0.25) is 0 Å². The zero-order valence-corrected chi connectivity index (χ0v) is 22.5. The van der Waals surface area contributed by atoms with E-state index < -0.39 is 0 Å². The number of hydrogen-bond acceptors (Lipinski definition) is 5. The Hall–Kier alpha value is -3.93. The molecule has 6 heteroatoms. The summed E-state index contributed by atoms with van der Waals surface area (Å²) in [6, 6.07) is 19.2. The molecule has 0 saturated carbocycles. The van der Waals surface area contributed by atoms with Gasteiger partial charge in [-0.25, -0.2) is 4.98 Å². The van der Waals surface area contributed by atoms with E-state index in [1.807, 2.05) is 69.3 Å². The Kier molecular flexibility index (Phi) is 8.07. The molecule has 0 N–H and O–H groups in total. The lowest BCUT2D eigenvalue weighted by atomic mass is 9.96. The molecule has 37 heavy (non-hydrogen) atoms. The molecule has 1 heterocycles. The average Bonchev–Trinajstić information content (AvgIpc) is 2.89. The van der Waals surface area contributed by atoms with Gasteiger partial charge in [0, 0.05) is 5.56 Å². The highest BCUT2D eigenvalue weighted by molar-refractivity contribution is 5.82. The first-order chi connectivity index (χ1) is 17.8. The van der Waals surface area contributed by atoms with Crippen LogP contribution in [0.3, 0.4) is 0 Å². The molecule has 0 spiro atoms. The van der Waals surface area contributed by atoms with Crippen molar-refractivity contribution in [1.29, 1.82) is 0 Å². The van der Waals surface area contributed by atoms with Gasteiger partial charge >= 0.3 is 0 Å². The number of fused-ring (bicyclic) bond motifs is 1. The van der Waals surface area contributed by atoms with Crippen LogP contribution in [0, 0.1) is 6.92 Å². The molecule has 1 atom stereocenters. The fourth-order valence-electron chi connectivity index (χ4n) is 4.15. The zero-order valence-electron chi connectivity index (χ0n) is 22.5. The molecule has 0 aliphatic rings. The van der Waals surface area contributed by atoms with Crippen molar-refractivity contribution in [3.05, 3.63) is 87.7 Å². The van der Waals surface area contributed by atoms with Crippen LogP contribution < -0.4 is 15.0 Å². The van der Waals surface area contributed by atoms with Crippen LogP contribution in [0.1, 0.15) is 63.6 Å². The lowest BCUT2D eigenvalue weighted by molar-refractivity contribution is 0.217. The molecule has 0 radical (unpaired) electrons. The van der Waals surface area contributed by atoms with Gasteiger partial charge in [0.15, 0.2) is 5.82 Å². The Morgan fingerprint density at radius 3 is 2.43 bits per heavy atom. The summed E-state index contributed by atoms with van der Waals surface area (Å²) >= 11 is 0. The third-order valence-corrected chi connectivity index (χ3v) is 6.39. The third kappa shape index (κ3) is 5.74. The number of ether oxygens (including phenoxy) is 2. The number of para-hydroxylation sites is 1. The Morgan fingerprint density at radius 2 is 1.76 bits per heavy atom. The quantitative estimate of drug-likeness (QED) is 0.235. The molecule has 0 unspecified atom stereocenters.